The number of benzene rings is 1. The first-order valence-electron chi connectivity index (χ1n) is 10.9. The van der Waals surface area contributed by atoms with Crippen molar-refractivity contribution in [1.29, 1.82) is 0 Å². The number of amides is 2. The summed E-state index contributed by atoms with van der Waals surface area (Å²) in [4.78, 5) is 33.0. The van der Waals surface area contributed by atoms with Crippen LogP contribution in [0.5, 0.6) is 0 Å². The minimum atomic E-state index is -0.926. The topological polar surface area (TPSA) is 75.4 Å². The quantitative estimate of drug-likeness (QED) is 0.538. The molecule has 2 amide bonds. The van der Waals surface area contributed by atoms with Crippen molar-refractivity contribution in [3.8, 4) is 0 Å². The van der Waals surface area contributed by atoms with Gasteiger partial charge >= 0.3 is 0 Å². The van der Waals surface area contributed by atoms with Gasteiger partial charge in [-0.1, -0.05) is 55.1 Å². The van der Waals surface area contributed by atoms with Crippen LogP contribution in [0.15, 0.2) is 71.5 Å². The van der Waals surface area contributed by atoms with Crippen LogP contribution < -0.4 is 5.32 Å². The van der Waals surface area contributed by atoms with Crippen molar-refractivity contribution in [3.05, 3.63) is 89.1 Å². The molecule has 1 saturated carbocycles. The number of nitrogens with one attached hydrogen (secondary N) is 1. The van der Waals surface area contributed by atoms with Gasteiger partial charge in [0.25, 0.3) is 5.91 Å². The van der Waals surface area contributed by atoms with Crippen molar-refractivity contribution in [2.75, 3.05) is 0 Å². The van der Waals surface area contributed by atoms with Crippen LogP contribution in [0.3, 0.4) is 0 Å². The van der Waals surface area contributed by atoms with Gasteiger partial charge in [-0.15, -0.1) is 0 Å². The summed E-state index contributed by atoms with van der Waals surface area (Å²) in [5.41, 5.74) is 0.819. The van der Waals surface area contributed by atoms with Crippen LogP contribution in [0.4, 0.5) is 0 Å². The van der Waals surface area contributed by atoms with Crippen LogP contribution >= 0.6 is 11.6 Å². The lowest BCUT2D eigenvalue weighted by molar-refractivity contribution is -0.127. The summed E-state index contributed by atoms with van der Waals surface area (Å²) in [6.07, 6.45) is 8.34. The van der Waals surface area contributed by atoms with Crippen LogP contribution in [0.2, 0.25) is 5.02 Å². The Bertz CT molecular complexity index is 1030. The number of furan rings is 1. The van der Waals surface area contributed by atoms with Gasteiger partial charge in [-0.05, 0) is 43.2 Å². The van der Waals surface area contributed by atoms with E-state index in [4.69, 9.17) is 16.0 Å². The van der Waals surface area contributed by atoms with E-state index in [1.807, 2.05) is 6.07 Å². The van der Waals surface area contributed by atoms with Gasteiger partial charge in [0.2, 0.25) is 5.91 Å². The van der Waals surface area contributed by atoms with Gasteiger partial charge in [-0.25, -0.2) is 0 Å². The van der Waals surface area contributed by atoms with E-state index in [9.17, 15) is 9.59 Å². The highest BCUT2D eigenvalue weighted by atomic mass is 35.5. The summed E-state index contributed by atoms with van der Waals surface area (Å²) in [5, 5.41) is 3.59. The standard InChI is InChI=1S/C25H26ClN3O3/c26-21-13-5-4-12-20(21)23(24(30)28-18-9-2-1-3-10-18)29(17-19-11-8-16-32-19)25(31)22-14-6-7-15-27-22/h4-8,11-16,18,23H,1-3,9-10,17H2,(H,28,30). The smallest absolute Gasteiger partial charge is 0.273 e. The molecule has 2 aromatic heterocycles. The molecule has 0 saturated heterocycles. The molecule has 7 heteroatoms. The van der Waals surface area contributed by atoms with Crippen LogP contribution in [0, 0.1) is 0 Å². The highest BCUT2D eigenvalue weighted by molar-refractivity contribution is 6.31. The molecule has 166 valence electrons. The third-order valence-electron chi connectivity index (χ3n) is 5.76. The average molecular weight is 452 g/mol. The SMILES string of the molecule is O=C(NC1CCCCC1)C(c1ccccc1Cl)N(Cc1ccco1)C(=O)c1ccccn1. The van der Waals surface area contributed by atoms with E-state index in [0.29, 0.717) is 16.3 Å². The van der Waals surface area contributed by atoms with E-state index in [1.165, 1.54) is 11.3 Å². The predicted molar refractivity (Wildman–Crippen MR) is 122 cm³/mol. The number of hydrogen-bond donors (Lipinski definition) is 1. The molecular weight excluding hydrogens is 426 g/mol. The third kappa shape index (κ3) is 5.19. The zero-order chi connectivity index (χ0) is 22.3. The van der Waals surface area contributed by atoms with Gasteiger partial charge in [0, 0.05) is 22.8 Å². The molecule has 1 aromatic carbocycles. The maximum Gasteiger partial charge on any atom is 0.273 e. The summed E-state index contributed by atoms with van der Waals surface area (Å²) < 4.78 is 5.52. The molecule has 0 aliphatic heterocycles. The van der Waals surface area contributed by atoms with E-state index in [1.54, 1.807) is 61.0 Å². The fourth-order valence-electron chi connectivity index (χ4n) is 4.16. The number of aromatic nitrogens is 1. The van der Waals surface area contributed by atoms with Crippen molar-refractivity contribution >= 4 is 23.4 Å². The van der Waals surface area contributed by atoms with Gasteiger partial charge in [-0.3, -0.25) is 14.6 Å². The molecule has 1 N–H and O–H groups in total. The molecule has 0 bridgehead atoms. The Hall–Kier alpha value is -3.12. The second kappa shape index (κ2) is 10.5. The largest absolute Gasteiger partial charge is 0.467 e. The Kier molecular flexibility index (Phi) is 7.22. The first-order chi connectivity index (χ1) is 15.6. The monoisotopic (exact) mass is 451 g/mol. The molecule has 1 unspecified atom stereocenters. The second-order valence-corrected chi connectivity index (χ2v) is 8.40. The number of carbonyl (C=O) groups excluding carboxylic acids is 2. The van der Waals surface area contributed by atoms with Crippen LogP contribution in [-0.2, 0) is 11.3 Å². The molecule has 0 radical (unpaired) electrons. The minimum Gasteiger partial charge on any atom is -0.467 e. The molecular formula is C25H26ClN3O3. The summed E-state index contributed by atoms with van der Waals surface area (Å²) in [7, 11) is 0. The van der Waals surface area contributed by atoms with Crippen LogP contribution in [0.25, 0.3) is 0 Å². The van der Waals surface area contributed by atoms with E-state index in [-0.39, 0.29) is 30.1 Å². The van der Waals surface area contributed by atoms with E-state index in [2.05, 4.69) is 10.3 Å². The third-order valence-corrected chi connectivity index (χ3v) is 6.11. The van der Waals surface area contributed by atoms with Gasteiger partial charge in [0.05, 0.1) is 12.8 Å². The van der Waals surface area contributed by atoms with Gasteiger partial charge in [0.1, 0.15) is 17.5 Å². The zero-order valence-electron chi connectivity index (χ0n) is 17.7. The van der Waals surface area contributed by atoms with Crippen molar-refractivity contribution in [1.82, 2.24) is 15.2 Å². The number of hydrogen-bond acceptors (Lipinski definition) is 4. The average Bonchev–Trinajstić information content (AvgIpc) is 3.34. The molecule has 4 rings (SSSR count). The van der Waals surface area contributed by atoms with Crippen LogP contribution in [0.1, 0.15) is 60.0 Å². The molecule has 3 aromatic rings. The van der Waals surface area contributed by atoms with Crippen molar-refractivity contribution in [2.45, 2.75) is 50.7 Å². The Morgan fingerprint density at radius 2 is 1.84 bits per heavy atom. The number of pyridine rings is 1. The Labute approximate surface area is 192 Å². The summed E-state index contributed by atoms with van der Waals surface area (Å²) >= 11 is 6.53. The number of halogens is 1. The molecule has 0 spiro atoms. The zero-order valence-corrected chi connectivity index (χ0v) is 18.5. The van der Waals surface area contributed by atoms with Gasteiger partial charge < -0.3 is 14.6 Å². The second-order valence-electron chi connectivity index (χ2n) is 7.99. The number of carbonyl (C=O) groups is 2. The minimum absolute atomic E-state index is 0.0941. The Morgan fingerprint density at radius 3 is 2.53 bits per heavy atom. The van der Waals surface area contributed by atoms with Gasteiger partial charge in [0.15, 0.2) is 0 Å². The molecule has 1 atom stereocenters. The maximum absolute atomic E-state index is 13.7. The first kappa shape index (κ1) is 22.1. The van der Waals surface area contributed by atoms with E-state index >= 15 is 0 Å². The fraction of sp³-hybridized carbons (Fsp3) is 0.320. The highest BCUT2D eigenvalue weighted by Crippen LogP contribution is 2.31. The van der Waals surface area contributed by atoms with Crippen molar-refractivity contribution < 1.29 is 14.0 Å². The maximum atomic E-state index is 13.7. The van der Waals surface area contributed by atoms with Crippen molar-refractivity contribution in [2.24, 2.45) is 0 Å². The normalized spacial score (nSPS) is 15.2. The van der Waals surface area contributed by atoms with E-state index < -0.39 is 6.04 Å². The molecule has 1 aliphatic rings. The van der Waals surface area contributed by atoms with Crippen LogP contribution in [-0.4, -0.2) is 27.7 Å². The molecule has 1 fully saturated rings. The first-order valence-corrected chi connectivity index (χ1v) is 11.3. The molecule has 32 heavy (non-hydrogen) atoms. The summed E-state index contributed by atoms with van der Waals surface area (Å²) in [6, 6.07) is 15.0. The van der Waals surface area contributed by atoms with Crippen molar-refractivity contribution in [3.63, 3.8) is 0 Å². The predicted octanol–water partition coefficient (Wildman–Crippen LogP) is 5.16. The Morgan fingerprint density at radius 1 is 1.06 bits per heavy atom. The van der Waals surface area contributed by atoms with E-state index in [0.717, 1.165) is 25.7 Å². The molecule has 1 aliphatic carbocycles. The summed E-state index contributed by atoms with van der Waals surface area (Å²) in [5.74, 6) is -0.0525. The Balaban J connectivity index is 1.73. The fourth-order valence-corrected chi connectivity index (χ4v) is 4.40. The summed E-state index contributed by atoms with van der Waals surface area (Å²) in [6.45, 7) is 0.108. The molecule has 6 nitrogen and oxygen atoms in total. The lowest BCUT2D eigenvalue weighted by Gasteiger charge is -2.33. The molecule has 2 heterocycles. The number of rotatable bonds is 7. The van der Waals surface area contributed by atoms with Gasteiger partial charge in [-0.2, -0.15) is 0 Å². The lowest BCUT2D eigenvalue weighted by Crippen LogP contribution is -2.47. The number of nitrogens with zero attached hydrogens (tertiary/aromatic N) is 2. The highest BCUT2D eigenvalue weighted by Gasteiger charge is 2.35. The lowest BCUT2D eigenvalue weighted by atomic mass is 9.94.